The van der Waals surface area contributed by atoms with Gasteiger partial charge in [0, 0.05) is 42.9 Å². The minimum absolute atomic E-state index is 0.00526. The van der Waals surface area contributed by atoms with Crippen molar-refractivity contribution in [3.63, 3.8) is 0 Å². The van der Waals surface area contributed by atoms with Crippen LogP contribution in [0.15, 0.2) is 41.5 Å². The van der Waals surface area contributed by atoms with E-state index in [1.807, 2.05) is 0 Å². The Bertz CT molecular complexity index is 1010. The molecular weight excluding hydrogens is 465 g/mol. The summed E-state index contributed by atoms with van der Waals surface area (Å²) in [4.78, 5) is 1.73. The number of anilines is 1. The molecule has 6 nitrogen and oxygen atoms in total. The largest absolute Gasteiger partial charge is 0.573 e. The number of rotatable bonds is 7. The number of piperidine rings is 1. The van der Waals surface area contributed by atoms with E-state index >= 15 is 0 Å². The zero-order chi connectivity index (χ0) is 24.0. The maximum Gasteiger partial charge on any atom is 0.573 e. The van der Waals surface area contributed by atoms with Crippen LogP contribution in [0.5, 0.6) is 5.75 Å². The number of nitrogens with one attached hydrogen (secondary N) is 2. The lowest BCUT2D eigenvalue weighted by molar-refractivity contribution is -0.274. The van der Waals surface area contributed by atoms with E-state index in [0.29, 0.717) is 31.5 Å². The van der Waals surface area contributed by atoms with E-state index in [4.69, 9.17) is 5.73 Å². The Morgan fingerprint density at radius 3 is 2.55 bits per heavy atom. The van der Waals surface area contributed by atoms with Gasteiger partial charge in [0.15, 0.2) is 5.11 Å². The first kappa shape index (κ1) is 24.6. The van der Waals surface area contributed by atoms with Gasteiger partial charge >= 0.3 is 6.36 Å². The number of nitrogens with zero attached hydrogens (tertiary/aromatic N) is 2. The number of hydrogen-bond acceptors (Lipinski definition) is 5. The molecule has 1 aliphatic heterocycles. The molecule has 1 heterocycles. The van der Waals surface area contributed by atoms with Crippen LogP contribution in [0.2, 0.25) is 0 Å². The number of hydrazone groups is 1. The molecule has 1 aliphatic rings. The number of hydrogen-bond donors (Lipinski definition) is 3. The van der Waals surface area contributed by atoms with Gasteiger partial charge in [0.1, 0.15) is 17.4 Å². The molecule has 1 saturated heterocycles. The fraction of sp³-hybridized carbons (Fsp3) is 0.333. The summed E-state index contributed by atoms with van der Waals surface area (Å²) in [5, 5.41) is 6.74. The zero-order valence-electron chi connectivity index (χ0n) is 17.3. The van der Waals surface area contributed by atoms with Crippen LogP contribution in [-0.2, 0) is 6.54 Å². The standard InChI is InChI=1S/C21H22F5N5OS/c22-16-10-18(17(23)9-14(16)12-29-30-20(27)33)31-7-5-15(6-8-31)28-11-13-3-1-2-4-19(13)32-21(24,25)26/h1-4,9-10,12,15,28H,5-8,11H2,(H3,27,30,33). The second-order valence-electron chi connectivity index (χ2n) is 7.36. The lowest BCUT2D eigenvalue weighted by atomic mass is 10.0. The summed E-state index contributed by atoms with van der Waals surface area (Å²) in [6, 6.07) is 8.08. The summed E-state index contributed by atoms with van der Waals surface area (Å²) >= 11 is 4.58. The van der Waals surface area contributed by atoms with Crippen LogP contribution in [0.25, 0.3) is 0 Å². The van der Waals surface area contributed by atoms with Gasteiger partial charge in [0.05, 0.1) is 11.9 Å². The molecule has 178 valence electrons. The van der Waals surface area contributed by atoms with Crippen molar-refractivity contribution >= 4 is 29.2 Å². The maximum atomic E-state index is 14.6. The Hall–Kier alpha value is -2.99. The molecular formula is C21H22F5N5OS. The minimum Gasteiger partial charge on any atom is -0.405 e. The van der Waals surface area contributed by atoms with E-state index in [2.05, 4.69) is 32.8 Å². The molecule has 0 aromatic heterocycles. The first-order chi connectivity index (χ1) is 15.6. The SMILES string of the molecule is NC(=S)NN=Cc1cc(F)c(N2CCC(NCc3ccccc3OC(F)(F)F)CC2)cc1F. The number of ether oxygens (including phenoxy) is 1. The predicted molar refractivity (Wildman–Crippen MR) is 119 cm³/mol. The van der Waals surface area contributed by atoms with Crippen molar-refractivity contribution in [1.29, 1.82) is 0 Å². The summed E-state index contributed by atoms with van der Waals surface area (Å²) in [5.74, 6) is -1.50. The molecule has 3 rings (SSSR count). The molecule has 2 aromatic carbocycles. The molecule has 0 amide bonds. The van der Waals surface area contributed by atoms with Crippen molar-refractivity contribution in [3.05, 3.63) is 59.2 Å². The van der Waals surface area contributed by atoms with Gasteiger partial charge in [-0.3, -0.25) is 5.43 Å². The molecule has 33 heavy (non-hydrogen) atoms. The summed E-state index contributed by atoms with van der Waals surface area (Å²) in [6.45, 7) is 1.09. The Morgan fingerprint density at radius 1 is 1.18 bits per heavy atom. The Morgan fingerprint density at radius 2 is 1.88 bits per heavy atom. The Balaban J connectivity index is 1.57. The molecule has 2 aromatic rings. The number of halogens is 5. The molecule has 4 N–H and O–H groups in total. The molecule has 0 atom stereocenters. The van der Waals surface area contributed by atoms with Crippen LogP contribution in [0, 0.1) is 11.6 Å². The highest BCUT2D eigenvalue weighted by atomic mass is 32.1. The van der Waals surface area contributed by atoms with E-state index < -0.39 is 18.0 Å². The van der Waals surface area contributed by atoms with Gasteiger partial charge in [-0.25, -0.2) is 8.78 Å². The summed E-state index contributed by atoms with van der Waals surface area (Å²) in [6.07, 6.45) is -2.48. The van der Waals surface area contributed by atoms with Crippen LogP contribution < -0.4 is 26.1 Å². The summed E-state index contributed by atoms with van der Waals surface area (Å²) in [5.41, 5.74) is 7.95. The van der Waals surface area contributed by atoms with Crippen LogP contribution in [-0.4, -0.2) is 36.8 Å². The lowest BCUT2D eigenvalue weighted by Gasteiger charge is -2.34. The second-order valence-corrected chi connectivity index (χ2v) is 7.80. The molecule has 0 radical (unpaired) electrons. The first-order valence-electron chi connectivity index (χ1n) is 10.0. The molecule has 0 unspecified atom stereocenters. The van der Waals surface area contributed by atoms with Crippen molar-refractivity contribution in [2.45, 2.75) is 31.8 Å². The number of alkyl halides is 3. The van der Waals surface area contributed by atoms with Crippen LogP contribution in [0.1, 0.15) is 24.0 Å². The van der Waals surface area contributed by atoms with Gasteiger partial charge in [-0.1, -0.05) is 18.2 Å². The van der Waals surface area contributed by atoms with Crippen LogP contribution >= 0.6 is 12.2 Å². The van der Waals surface area contributed by atoms with Crippen molar-refractivity contribution in [2.75, 3.05) is 18.0 Å². The zero-order valence-corrected chi connectivity index (χ0v) is 18.1. The molecule has 1 fully saturated rings. The highest BCUT2D eigenvalue weighted by molar-refractivity contribution is 7.80. The Kier molecular flexibility index (Phi) is 8.03. The normalized spacial score (nSPS) is 15.1. The van der Waals surface area contributed by atoms with Gasteiger partial charge in [-0.2, -0.15) is 5.10 Å². The molecule has 0 aliphatic carbocycles. The fourth-order valence-electron chi connectivity index (χ4n) is 3.51. The van der Waals surface area contributed by atoms with Crippen LogP contribution in [0.3, 0.4) is 0 Å². The third-order valence-electron chi connectivity index (χ3n) is 5.06. The third-order valence-corrected chi connectivity index (χ3v) is 5.15. The van der Waals surface area contributed by atoms with Gasteiger partial charge in [-0.05, 0) is 37.2 Å². The van der Waals surface area contributed by atoms with Gasteiger partial charge < -0.3 is 20.7 Å². The molecule has 0 saturated carbocycles. The average Bonchev–Trinajstić information content (AvgIpc) is 2.74. The quantitative estimate of drug-likeness (QED) is 0.239. The highest BCUT2D eigenvalue weighted by Crippen LogP contribution is 2.28. The van der Waals surface area contributed by atoms with Gasteiger partial charge in [-0.15, -0.1) is 13.2 Å². The summed E-state index contributed by atoms with van der Waals surface area (Å²) < 4.78 is 70.7. The first-order valence-corrected chi connectivity index (χ1v) is 10.4. The maximum absolute atomic E-state index is 14.6. The third kappa shape index (κ3) is 7.26. The minimum atomic E-state index is -4.77. The van der Waals surface area contributed by atoms with E-state index in [1.165, 1.54) is 12.1 Å². The lowest BCUT2D eigenvalue weighted by Crippen LogP contribution is -2.42. The summed E-state index contributed by atoms with van der Waals surface area (Å²) in [7, 11) is 0. The Labute approximate surface area is 192 Å². The van der Waals surface area contributed by atoms with Gasteiger partial charge in [0.25, 0.3) is 0 Å². The number of benzene rings is 2. The highest BCUT2D eigenvalue weighted by Gasteiger charge is 2.32. The fourth-order valence-corrected chi connectivity index (χ4v) is 3.56. The number of para-hydroxylation sites is 1. The topological polar surface area (TPSA) is 74.9 Å². The van der Waals surface area contributed by atoms with Crippen LogP contribution in [0.4, 0.5) is 27.6 Å². The van der Waals surface area contributed by atoms with Crippen molar-refractivity contribution < 1.29 is 26.7 Å². The molecule has 12 heteroatoms. The molecule has 0 spiro atoms. The number of thiocarbonyl (C=S) groups is 1. The van der Waals surface area contributed by atoms with Crippen molar-refractivity contribution in [3.8, 4) is 5.75 Å². The monoisotopic (exact) mass is 487 g/mol. The average molecular weight is 487 g/mol. The number of nitrogens with two attached hydrogens (primary N) is 1. The smallest absolute Gasteiger partial charge is 0.405 e. The predicted octanol–water partition coefficient (Wildman–Crippen LogP) is 3.79. The van der Waals surface area contributed by atoms with Crippen molar-refractivity contribution in [2.24, 2.45) is 10.8 Å². The van der Waals surface area contributed by atoms with Crippen molar-refractivity contribution in [1.82, 2.24) is 10.7 Å². The molecule has 0 bridgehead atoms. The van der Waals surface area contributed by atoms with E-state index in [1.54, 1.807) is 17.0 Å². The van der Waals surface area contributed by atoms with E-state index in [0.717, 1.165) is 18.3 Å². The second kappa shape index (κ2) is 10.8. The van der Waals surface area contributed by atoms with E-state index in [-0.39, 0.29) is 34.7 Å². The van der Waals surface area contributed by atoms with Gasteiger partial charge in [0.2, 0.25) is 0 Å². The van der Waals surface area contributed by atoms with E-state index in [9.17, 15) is 22.0 Å².